The van der Waals surface area contributed by atoms with Crippen LogP contribution in [0.3, 0.4) is 0 Å². The fraction of sp³-hybridized carbons (Fsp3) is 0.333. The molecule has 0 saturated carbocycles. The lowest BCUT2D eigenvalue weighted by Gasteiger charge is -2.25. The fourth-order valence-corrected chi connectivity index (χ4v) is 3.06. The molecule has 2 aromatic rings. The van der Waals surface area contributed by atoms with Gasteiger partial charge >= 0.3 is 0 Å². The van der Waals surface area contributed by atoms with Crippen LogP contribution in [-0.4, -0.2) is 18.5 Å². The molecule has 0 fully saturated rings. The van der Waals surface area contributed by atoms with Gasteiger partial charge in [0.05, 0.1) is 22.4 Å². The molecular formula is C12H15BrN2OS. The Morgan fingerprint density at radius 2 is 2.41 bits per heavy atom. The zero-order valence-electron chi connectivity index (χ0n) is 9.60. The summed E-state index contributed by atoms with van der Waals surface area (Å²) in [7, 11) is 2.08. The Balaban J connectivity index is 2.05. The second-order valence-corrected chi connectivity index (χ2v) is 6.27. The van der Waals surface area contributed by atoms with E-state index in [1.807, 2.05) is 6.07 Å². The number of thiophene rings is 1. The molecule has 0 aliphatic carbocycles. The third-order valence-electron chi connectivity index (χ3n) is 2.74. The summed E-state index contributed by atoms with van der Waals surface area (Å²) >= 11 is 5.18. The SMILES string of the molecule is CN(Cc1csc(Br)c1)C(CN)c1ccoc1. The molecule has 2 rings (SSSR count). The Morgan fingerprint density at radius 3 is 2.94 bits per heavy atom. The average Bonchev–Trinajstić information content (AvgIpc) is 2.92. The molecule has 92 valence electrons. The van der Waals surface area contributed by atoms with Gasteiger partial charge in [-0.15, -0.1) is 11.3 Å². The minimum absolute atomic E-state index is 0.201. The standard InChI is InChI=1S/C12H15BrN2OS/c1-15(6-9-4-12(13)17-8-9)11(5-14)10-2-3-16-7-10/h2-4,7-8,11H,5-6,14H2,1H3. The molecule has 0 amide bonds. The van der Waals surface area contributed by atoms with Crippen molar-refractivity contribution in [3.63, 3.8) is 0 Å². The zero-order chi connectivity index (χ0) is 12.3. The Hall–Kier alpha value is -0.620. The summed E-state index contributed by atoms with van der Waals surface area (Å²) in [5, 5.41) is 2.16. The largest absolute Gasteiger partial charge is 0.472 e. The molecule has 17 heavy (non-hydrogen) atoms. The number of halogens is 1. The molecule has 1 atom stereocenters. The van der Waals surface area contributed by atoms with Gasteiger partial charge in [0.1, 0.15) is 0 Å². The van der Waals surface area contributed by atoms with Gasteiger partial charge in [-0.2, -0.15) is 0 Å². The lowest BCUT2D eigenvalue weighted by atomic mass is 10.1. The maximum atomic E-state index is 5.83. The molecular weight excluding hydrogens is 300 g/mol. The van der Waals surface area contributed by atoms with Crippen LogP contribution in [0.1, 0.15) is 17.2 Å². The predicted octanol–water partition coefficient (Wildman–Crippen LogP) is 3.24. The van der Waals surface area contributed by atoms with Gasteiger partial charge in [-0.1, -0.05) is 0 Å². The molecule has 0 saturated heterocycles. The summed E-state index contributed by atoms with van der Waals surface area (Å²) in [6.45, 7) is 1.47. The van der Waals surface area contributed by atoms with Gasteiger partial charge in [0.2, 0.25) is 0 Å². The molecule has 0 bridgehead atoms. The molecule has 3 nitrogen and oxygen atoms in total. The molecule has 2 N–H and O–H groups in total. The highest BCUT2D eigenvalue weighted by molar-refractivity contribution is 9.11. The molecule has 1 unspecified atom stereocenters. The highest BCUT2D eigenvalue weighted by Gasteiger charge is 2.16. The average molecular weight is 315 g/mol. The van der Waals surface area contributed by atoms with Gasteiger partial charge in [-0.05, 0) is 46.1 Å². The molecule has 0 aliphatic heterocycles. The van der Waals surface area contributed by atoms with Crippen molar-refractivity contribution in [1.29, 1.82) is 0 Å². The number of hydrogen-bond acceptors (Lipinski definition) is 4. The number of hydrogen-bond donors (Lipinski definition) is 1. The van der Waals surface area contributed by atoms with E-state index in [4.69, 9.17) is 10.2 Å². The maximum Gasteiger partial charge on any atom is 0.0950 e. The van der Waals surface area contributed by atoms with Gasteiger partial charge in [0, 0.05) is 18.7 Å². The van der Waals surface area contributed by atoms with Gasteiger partial charge < -0.3 is 10.2 Å². The van der Waals surface area contributed by atoms with Crippen molar-refractivity contribution in [2.75, 3.05) is 13.6 Å². The van der Waals surface area contributed by atoms with Crippen LogP contribution in [0.4, 0.5) is 0 Å². The fourth-order valence-electron chi connectivity index (χ4n) is 1.86. The molecule has 0 aromatic carbocycles. The second-order valence-electron chi connectivity index (χ2n) is 3.98. The summed E-state index contributed by atoms with van der Waals surface area (Å²) in [4.78, 5) is 2.24. The summed E-state index contributed by atoms with van der Waals surface area (Å²) in [6.07, 6.45) is 3.45. The third kappa shape index (κ3) is 3.19. The summed E-state index contributed by atoms with van der Waals surface area (Å²) in [5.74, 6) is 0. The van der Waals surface area contributed by atoms with Gasteiger partial charge in [-0.25, -0.2) is 0 Å². The predicted molar refractivity (Wildman–Crippen MR) is 74.0 cm³/mol. The Bertz CT molecular complexity index is 455. The van der Waals surface area contributed by atoms with Crippen LogP contribution in [0.15, 0.2) is 38.2 Å². The minimum atomic E-state index is 0.201. The first-order chi connectivity index (χ1) is 8.20. The first-order valence-corrected chi connectivity index (χ1v) is 7.03. The molecule has 2 aromatic heterocycles. The normalized spacial score (nSPS) is 13.2. The van der Waals surface area contributed by atoms with Crippen LogP contribution in [0.25, 0.3) is 0 Å². The molecule has 0 radical (unpaired) electrons. The number of rotatable bonds is 5. The van der Waals surface area contributed by atoms with E-state index < -0.39 is 0 Å². The van der Waals surface area contributed by atoms with E-state index in [0.29, 0.717) is 6.54 Å². The second kappa shape index (κ2) is 5.82. The summed E-state index contributed by atoms with van der Waals surface area (Å²) in [5.41, 5.74) is 8.26. The number of nitrogens with zero attached hydrogens (tertiary/aromatic N) is 1. The first kappa shape index (κ1) is 12.8. The Labute approximate surface area is 113 Å². The smallest absolute Gasteiger partial charge is 0.0950 e. The van der Waals surface area contributed by atoms with Gasteiger partial charge in [0.25, 0.3) is 0 Å². The van der Waals surface area contributed by atoms with Crippen molar-refractivity contribution in [2.45, 2.75) is 12.6 Å². The van der Waals surface area contributed by atoms with E-state index in [2.05, 4.69) is 39.3 Å². The van der Waals surface area contributed by atoms with Crippen LogP contribution >= 0.6 is 27.3 Å². The lowest BCUT2D eigenvalue weighted by molar-refractivity contribution is 0.241. The van der Waals surface area contributed by atoms with E-state index in [0.717, 1.165) is 15.9 Å². The van der Waals surface area contributed by atoms with Crippen molar-refractivity contribution in [3.8, 4) is 0 Å². The molecule has 5 heteroatoms. The summed E-state index contributed by atoms with van der Waals surface area (Å²) < 4.78 is 6.27. The van der Waals surface area contributed by atoms with E-state index in [1.165, 1.54) is 5.56 Å². The van der Waals surface area contributed by atoms with Crippen molar-refractivity contribution < 1.29 is 4.42 Å². The Morgan fingerprint density at radius 1 is 1.59 bits per heavy atom. The van der Waals surface area contributed by atoms with E-state index in [1.54, 1.807) is 23.9 Å². The van der Waals surface area contributed by atoms with Crippen molar-refractivity contribution in [2.24, 2.45) is 5.73 Å². The maximum absolute atomic E-state index is 5.83. The van der Waals surface area contributed by atoms with E-state index in [9.17, 15) is 0 Å². The highest BCUT2D eigenvalue weighted by atomic mass is 79.9. The summed E-state index contributed by atoms with van der Waals surface area (Å²) in [6, 6.07) is 4.31. The topological polar surface area (TPSA) is 42.4 Å². The van der Waals surface area contributed by atoms with Gasteiger partial charge in [0.15, 0.2) is 0 Å². The van der Waals surface area contributed by atoms with Crippen molar-refractivity contribution >= 4 is 27.3 Å². The lowest BCUT2D eigenvalue weighted by Crippen LogP contribution is -2.29. The van der Waals surface area contributed by atoms with E-state index >= 15 is 0 Å². The third-order valence-corrected chi connectivity index (χ3v) is 4.29. The van der Waals surface area contributed by atoms with Crippen molar-refractivity contribution in [1.82, 2.24) is 4.90 Å². The molecule has 0 aliphatic rings. The minimum Gasteiger partial charge on any atom is -0.472 e. The first-order valence-electron chi connectivity index (χ1n) is 5.36. The highest BCUT2D eigenvalue weighted by Crippen LogP contribution is 2.25. The number of likely N-dealkylation sites (N-methyl/N-ethyl adjacent to an activating group) is 1. The van der Waals surface area contributed by atoms with Crippen molar-refractivity contribution in [3.05, 3.63) is 45.0 Å². The van der Waals surface area contributed by atoms with Gasteiger partial charge in [-0.3, -0.25) is 4.90 Å². The van der Waals surface area contributed by atoms with E-state index in [-0.39, 0.29) is 6.04 Å². The Kier molecular flexibility index (Phi) is 4.39. The number of nitrogens with two attached hydrogens (primary N) is 1. The van der Waals surface area contributed by atoms with Crippen LogP contribution < -0.4 is 5.73 Å². The van der Waals surface area contributed by atoms with Crippen LogP contribution in [0, 0.1) is 0 Å². The van der Waals surface area contributed by atoms with Crippen LogP contribution in [-0.2, 0) is 6.54 Å². The zero-order valence-corrected chi connectivity index (χ0v) is 12.0. The van der Waals surface area contributed by atoms with Crippen LogP contribution in [0.5, 0.6) is 0 Å². The van der Waals surface area contributed by atoms with Crippen LogP contribution in [0.2, 0.25) is 0 Å². The molecule has 2 heterocycles. The quantitative estimate of drug-likeness (QED) is 0.921. The number of furan rings is 1. The molecule has 0 spiro atoms. The monoisotopic (exact) mass is 314 g/mol.